The Balaban J connectivity index is 2.13. The molecular formula is C9H12ClNO2S. The van der Waals surface area contributed by atoms with Crippen LogP contribution in [0.2, 0.25) is 4.34 Å². The van der Waals surface area contributed by atoms with Gasteiger partial charge in [0.15, 0.2) is 0 Å². The summed E-state index contributed by atoms with van der Waals surface area (Å²) in [6, 6.07) is 3.84. The van der Waals surface area contributed by atoms with E-state index in [-0.39, 0.29) is 5.97 Å². The Morgan fingerprint density at radius 2 is 2.43 bits per heavy atom. The van der Waals surface area contributed by atoms with Gasteiger partial charge in [-0.05, 0) is 12.1 Å². The van der Waals surface area contributed by atoms with Crippen molar-refractivity contribution in [1.82, 2.24) is 5.32 Å². The molecule has 0 unspecified atom stereocenters. The predicted octanol–water partition coefficient (Wildman–Crippen LogP) is 2.05. The zero-order chi connectivity index (χ0) is 10.4. The summed E-state index contributed by atoms with van der Waals surface area (Å²) < 4.78 is 5.30. The molecule has 0 spiro atoms. The number of hydrogen-bond donors (Lipinski definition) is 1. The number of carbonyl (C=O) groups excluding carboxylic acids is 1. The maximum absolute atomic E-state index is 10.7. The zero-order valence-corrected chi connectivity index (χ0v) is 9.45. The fraction of sp³-hybridized carbons (Fsp3) is 0.444. The van der Waals surface area contributed by atoms with Crippen molar-refractivity contribution >= 4 is 28.9 Å². The van der Waals surface area contributed by atoms with Crippen molar-refractivity contribution in [1.29, 1.82) is 0 Å². The van der Waals surface area contributed by atoms with E-state index < -0.39 is 0 Å². The standard InChI is InChI=1S/C9H12ClNO2S/c1-13-9(12)4-5-11-6-7-2-3-8(10)14-7/h2-3,11H,4-6H2,1H3. The van der Waals surface area contributed by atoms with Gasteiger partial charge in [-0.3, -0.25) is 4.79 Å². The minimum absolute atomic E-state index is 0.193. The summed E-state index contributed by atoms with van der Waals surface area (Å²) in [6.45, 7) is 1.37. The molecule has 5 heteroatoms. The van der Waals surface area contributed by atoms with Gasteiger partial charge in [0.05, 0.1) is 17.9 Å². The van der Waals surface area contributed by atoms with E-state index in [0.717, 1.165) is 10.9 Å². The third-order valence-electron chi connectivity index (χ3n) is 1.66. The van der Waals surface area contributed by atoms with Crippen LogP contribution in [0.25, 0.3) is 0 Å². The summed E-state index contributed by atoms with van der Waals surface area (Å²) in [7, 11) is 1.39. The average Bonchev–Trinajstić information content (AvgIpc) is 2.58. The average molecular weight is 234 g/mol. The summed E-state index contributed by atoms with van der Waals surface area (Å²) in [5.41, 5.74) is 0. The Morgan fingerprint density at radius 1 is 1.64 bits per heavy atom. The van der Waals surface area contributed by atoms with Crippen molar-refractivity contribution in [3.8, 4) is 0 Å². The first kappa shape index (κ1) is 11.5. The molecule has 0 aliphatic heterocycles. The molecule has 0 atom stereocenters. The number of halogens is 1. The van der Waals surface area contributed by atoms with Crippen LogP contribution in [-0.4, -0.2) is 19.6 Å². The number of methoxy groups -OCH3 is 1. The van der Waals surface area contributed by atoms with Gasteiger partial charge in [-0.2, -0.15) is 0 Å². The van der Waals surface area contributed by atoms with Crippen LogP contribution in [0.4, 0.5) is 0 Å². The van der Waals surface area contributed by atoms with Crippen molar-refractivity contribution in [2.45, 2.75) is 13.0 Å². The highest BCUT2D eigenvalue weighted by molar-refractivity contribution is 7.16. The molecule has 0 amide bonds. The van der Waals surface area contributed by atoms with E-state index in [1.807, 2.05) is 12.1 Å². The maximum atomic E-state index is 10.7. The highest BCUT2D eigenvalue weighted by Crippen LogP contribution is 2.20. The predicted molar refractivity (Wildman–Crippen MR) is 57.7 cm³/mol. The monoisotopic (exact) mass is 233 g/mol. The number of nitrogens with one attached hydrogen (secondary N) is 1. The second-order valence-corrected chi connectivity index (χ2v) is 4.51. The van der Waals surface area contributed by atoms with Crippen molar-refractivity contribution in [3.63, 3.8) is 0 Å². The van der Waals surface area contributed by atoms with Gasteiger partial charge in [0, 0.05) is 18.0 Å². The molecule has 14 heavy (non-hydrogen) atoms. The van der Waals surface area contributed by atoms with Gasteiger partial charge in [0.2, 0.25) is 0 Å². The highest BCUT2D eigenvalue weighted by Gasteiger charge is 2.00. The fourth-order valence-corrected chi connectivity index (χ4v) is 2.01. The summed E-state index contributed by atoms with van der Waals surface area (Å²) in [6.07, 6.45) is 0.398. The van der Waals surface area contributed by atoms with Gasteiger partial charge < -0.3 is 10.1 Å². The van der Waals surface area contributed by atoms with E-state index in [1.165, 1.54) is 23.3 Å². The Bertz CT molecular complexity index is 301. The molecule has 1 N–H and O–H groups in total. The zero-order valence-electron chi connectivity index (χ0n) is 7.88. The molecule has 0 saturated heterocycles. The second-order valence-electron chi connectivity index (χ2n) is 2.71. The molecule has 1 heterocycles. The van der Waals surface area contributed by atoms with E-state index in [2.05, 4.69) is 10.1 Å². The minimum Gasteiger partial charge on any atom is -0.469 e. The molecule has 0 bridgehead atoms. The fourth-order valence-electron chi connectivity index (χ4n) is 0.951. The van der Waals surface area contributed by atoms with Crippen molar-refractivity contribution < 1.29 is 9.53 Å². The second kappa shape index (κ2) is 6.01. The first-order valence-electron chi connectivity index (χ1n) is 4.24. The van der Waals surface area contributed by atoms with Crippen LogP contribution in [0.1, 0.15) is 11.3 Å². The molecule has 0 aliphatic rings. The van der Waals surface area contributed by atoms with E-state index in [0.29, 0.717) is 13.0 Å². The largest absolute Gasteiger partial charge is 0.469 e. The Labute approximate surface area is 92.0 Å². The van der Waals surface area contributed by atoms with Crippen LogP contribution < -0.4 is 5.32 Å². The quantitative estimate of drug-likeness (QED) is 0.625. The lowest BCUT2D eigenvalue weighted by molar-refractivity contribution is -0.140. The molecule has 0 fully saturated rings. The van der Waals surface area contributed by atoms with Gasteiger partial charge in [0.1, 0.15) is 0 Å². The van der Waals surface area contributed by atoms with Gasteiger partial charge in [-0.15, -0.1) is 11.3 Å². The van der Waals surface area contributed by atoms with E-state index in [4.69, 9.17) is 11.6 Å². The van der Waals surface area contributed by atoms with Crippen LogP contribution >= 0.6 is 22.9 Å². The minimum atomic E-state index is -0.193. The molecule has 1 aromatic heterocycles. The lowest BCUT2D eigenvalue weighted by atomic mass is 10.4. The number of hydrogen-bond acceptors (Lipinski definition) is 4. The van der Waals surface area contributed by atoms with E-state index in [1.54, 1.807) is 0 Å². The van der Waals surface area contributed by atoms with Crippen molar-refractivity contribution in [2.75, 3.05) is 13.7 Å². The summed E-state index contributed by atoms with van der Waals surface area (Å²) >= 11 is 7.30. The summed E-state index contributed by atoms with van der Waals surface area (Å²) in [4.78, 5) is 11.9. The van der Waals surface area contributed by atoms with Crippen molar-refractivity contribution in [3.05, 3.63) is 21.3 Å². The Morgan fingerprint density at radius 3 is 3.00 bits per heavy atom. The molecular weight excluding hydrogens is 222 g/mol. The van der Waals surface area contributed by atoms with Crippen LogP contribution in [-0.2, 0) is 16.1 Å². The van der Waals surface area contributed by atoms with Gasteiger partial charge >= 0.3 is 5.97 Å². The lowest BCUT2D eigenvalue weighted by Crippen LogP contribution is -2.17. The third-order valence-corrected chi connectivity index (χ3v) is 2.89. The molecule has 1 rings (SSSR count). The lowest BCUT2D eigenvalue weighted by Gasteiger charge is -2.01. The number of rotatable bonds is 5. The summed E-state index contributed by atoms with van der Waals surface area (Å²) in [5.74, 6) is -0.193. The molecule has 78 valence electrons. The topological polar surface area (TPSA) is 38.3 Å². The number of carbonyl (C=O) groups is 1. The first-order valence-corrected chi connectivity index (χ1v) is 5.43. The van der Waals surface area contributed by atoms with Crippen LogP contribution in [0.5, 0.6) is 0 Å². The molecule has 0 aromatic carbocycles. The summed E-state index contributed by atoms with van der Waals surface area (Å²) in [5, 5.41) is 3.13. The van der Waals surface area contributed by atoms with Gasteiger partial charge in [-0.25, -0.2) is 0 Å². The highest BCUT2D eigenvalue weighted by atomic mass is 35.5. The SMILES string of the molecule is COC(=O)CCNCc1ccc(Cl)s1. The maximum Gasteiger partial charge on any atom is 0.306 e. The van der Waals surface area contributed by atoms with Crippen molar-refractivity contribution in [2.24, 2.45) is 0 Å². The van der Waals surface area contributed by atoms with E-state index >= 15 is 0 Å². The number of esters is 1. The van der Waals surface area contributed by atoms with E-state index in [9.17, 15) is 4.79 Å². The van der Waals surface area contributed by atoms with Crippen LogP contribution in [0.15, 0.2) is 12.1 Å². The number of thiophene rings is 1. The first-order chi connectivity index (χ1) is 6.72. The molecule has 3 nitrogen and oxygen atoms in total. The smallest absolute Gasteiger partial charge is 0.306 e. The normalized spacial score (nSPS) is 10.1. The molecule has 0 radical (unpaired) electrons. The van der Waals surface area contributed by atoms with Gasteiger partial charge in [0.25, 0.3) is 0 Å². The van der Waals surface area contributed by atoms with Crippen LogP contribution in [0, 0.1) is 0 Å². The Hall–Kier alpha value is -0.580. The molecule has 1 aromatic rings. The van der Waals surface area contributed by atoms with Crippen LogP contribution in [0.3, 0.4) is 0 Å². The number of ether oxygens (including phenoxy) is 1. The molecule has 0 saturated carbocycles. The third kappa shape index (κ3) is 4.09. The molecule has 0 aliphatic carbocycles. The Kier molecular flexibility index (Phi) is 4.93. The van der Waals surface area contributed by atoms with Gasteiger partial charge in [-0.1, -0.05) is 11.6 Å².